The van der Waals surface area contributed by atoms with Crippen LogP contribution in [0.25, 0.3) is 0 Å². The van der Waals surface area contributed by atoms with Crippen molar-refractivity contribution in [3.05, 3.63) is 34.2 Å². The summed E-state index contributed by atoms with van der Waals surface area (Å²) in [6, 6.07) is 3.14. The number of carbonyl (C=O) groups excluding carboxylic acids is 1. The molecule has 1 aromatic rings. The zero-order chi connectivity index (χ0) is 11.5. The van der Waals surface area contributed by atoms with Crippen molar-refractivity contribution in [3.8, 4) is 0 Å². The molecule has 0 aromatic carbocycles. The Morgan fingerprint density at radius 2 is 2.13 bits per heavy atom. The molecule has 0 bridgehead atoms. The second-order valence-corrected chi connectivity index (χ2v) is 4.66. The molecule has 1 rings (SSSR count). The SMILES string of the molecule is CC(C)(C)CNC(=O)c1ccc[nH]c1=O. The molecule has 0 aliphatic heterocycles. The second kappa shape index (κ2) is 4.29. The Kier molecular flexibility index (Phi) is 3.29. The summed E-state index contributed by atoms with van der Waals surface area (Å²) in [5.41, 5.74) is -0.192. The topological polar surface area (TPSA) is 62.0 Å². The number of aromatic nitrogens is 1. The number of nitrogens with one attached hydrogen (secondary N) is 2. The zero-order valence-electron chi connectivity index (χ0n) is 9.26. The number of rotatable bonds is 2. The molecule has 82 valence electrons. The first-order valence-electron chi connectivity index (χ1n) is 4.86. The smallest absolute Gasteiger partial charge is 0.260 e. The highest BCUT2D eigenvalue weighted by atomic mass is 16.2. The summed E-state index contributed by atoms with van der Waals surface area (Å²) in [5.74, 6) is -0.327. The molecular formula is C11H16N2O2. The standard InChI is InChI=1S/C11H16N2O2/c1-11(2,3)7-13-10(15)8-5-4-6-12-9(8)14/h4-6H,7H2,1-3H3,(H,12,14)(H,13,15). The number of carbonyl (C=O) groups is 1. The lowest BCUT2D eigenvalue weighted by molar-refractivity contribution is 0.0938. The summed E-state index contributed by atoms with van der Waals surface area (Å²) in [7, 11) is 0. The third-order valence-corrected chi connectivity index (χ3v) is 1.84. The van der Waals surface area contributed by atoms with E-state index in [1.54, 1.807) is 6.07 Å². The lowest BCUT2D eigenvalue weighted by atomic mass is 9.97. The van der Waals surface area contributed by atoms with E-state index < -0.39 is 0 Å². The minimum absolute atomic E-state index is 0.0111. The van der Waals surface area contributed by atoms with Crippen molar-refractivity contribution >= 4 is 5.91 Å². The van der Waals surface area contributed by atoms with Crippen molar-refractivity contribution in [3.63, 3.8) is 0 Å². The number of amides is 1. The monoisotopic (exact) mass is 208 g/mol. The first kappa shape index (κ1) is 11.5. The third-order valence-electron chi connectivity index (χ3n) is 1.84. The normalized spacial score (nSPS) is 11.1. The van der Waals surface area contributed by atoms with Crippen molar-refractivity contribution in [2.24, 2.45) is 5.41 Å². The van der Waals surface area contributed by atoms with E-state index in [-0.39, 0.29) is 22.4 Å². The maximum Gasteiger partial charge on any atom is 0.260 e. The molecule has 1 heterocycles. The van der Waals surface area contributed by atoms with Crippen LogP contribution in [0, 0.1) is 5.41 Å². The molecule has 2 N–H and O–H groups in total. The van der Waals surface area contributed by atoms with E-state index in [4.69, 9.17) is 0 Å². The molecule has 4 heteroatoms. The molecule has 0 spiro atoms. The van der Waals surface area contributed by atoms with Crippen LogP contribution in [0.15, 0.2) is 23.1 Å². The maximum absolute atomic E-state index is 11.6. The molecule has 0 aliphatic rings. The van der Waals surface area contributed by atoms with Crippen molar-refractivity contribution in [1.82, 2.24) is 10.3 Å². The number of hydrogen-bond acceptors (Lipinski definition) is 2. The molecule has 1 aromatic heterocycles. The first-order chi connectivity index (χ1) is 6.90. The first-order valence-corrected chi connectivity index (χ1v) is 4.86. The van der Waals surface area contributed by atoms with E-state index in [9.17, 15) is 9.59 Å². The minimum atomic E-state index is -0.357. The van der Waals surface area contributed by atoms with Crippen LogP contribution >= 0.6 is 0 Å². The van der Waals surface area contributed by atoms with E-state index in [0.29, 0.717) is 6.54 Å². The van der Waals surface area contributed by atoms with Crippen LogP contribution in [0.4, 0.5) is 0 Å². The van der Waals surface area contributed by atoms with Gasteiger partial charge >= 0.3 is 0 Å². The lowest BCUT2D eigenvalue weighted by Crippen LogP contribution is -2.35. The van der Waals surface area contributed by atoms with E-state index in [1.807, 2.05) is 20.8 Å². The minimum Gasteiger partial charge on any atom is -0.351 e. The van der Waals surface area contributed by atoms with Gasteiger partial charge < -0.3 is 10.3 Å². The number of aromatic amines is 1. The van der Waals surface area contributed by atoms with E-state index in [0.717, 1.165) is 0 Å². The molecule has 0 aliphatic carbocycles. The summed E-state index contributed by atoms with van der Waals surface area (Å²) >= 11 is 0. The van der Waals surface area contributed by atoms with Gasteiger partial charge in [0.2, 0.25) is 0 Å². The van der Waals surface area contributed by atoms with Crippen molar-refractivity contribution < 1.29 is 4.79 Å². The summed E-state index contributed by atoms with van der Waals surface area (Å²) in [6.45, 7) is 6.59. The average Bonchev–Trinajstić information content (AvgIpc) is 2.14. The van der Waals surface area contributed by atoms with Gasteiger partial charge in [0.05, 0.1) is 0 Å². The van der Waals surface area contributed by atoms with Crippen LogP contribution in [0.5, 0.6) is 0 Å². The molecule has 15 heavy (non-hydrogen) atoms. The van der Waals surface area contributed by atoms with Crippen molar-refractivity contribution in [2.75, 3.05) is 6.54 Å². The lowest BCUT2D eigenvalue weighted by Gasteiger charge is -2.18. The highest BCUT2D eigenvalue weighted by Crippen LogP contribution is 2.10. The third kappa shape index (κ3) is 3.58. The van der Waals surface area contributed by atoms with Gasteiger partial charge in [0, 0.05) is 12.7 Å². The van der Waals surface area contributed by atoms with Crippen LogP contribution in [-0.4, -0.2) is 17.4 Å². The average molecular weight is 208 g/mol. The van der Waals surface area contributed by atoms with Gasteiger partial charge in [-0.25, -0.2) is 0 Å². The van der Waals surface area contributed by atoms with E-state index in [2.05, 4.69) is 10.3 Å². The molecular weight excluding hydrogens is 192 g/mol. The summed E-state index contributed by atoms with van der Waals surface area (Å²) in [6.07, 6.45) is 1.50. The molecule has 4 nitrogen and oxygen atoms in total. The molecule has 1 amide bonds. The summed E-state index contributed by atoms with van der Waals surface area (Å²) in [5, 5.41) is 2.72. The molecule has 0 atom stereocenters. The highest BCUT2D eigenvalue weighted by molar-refractivity contribution is 5.93. The Bertz CT molecular complexity index is 402. The fourth-order valence-corrected chi connectivity index (χ4v) is 1.04. The molecule has 0 unspecified atom stereocenters. The summed E-state index contributed by atoms with van der Waals surface area (Å²) in [4.78, 5) is 25.3. The Balaban J connectivity index is 2.71. The molecule has 0 saturated heterocycles. The van der Waals surface area contributed by atoms with Crippen LogP contribution in [0.1, 0.15) is 31.1 Å². The van der Waals surface area contributed by atoms with Gasteiger partial charge in [-0.05, 0) is 17.5 Å². The Morgan fingerprint density at radius 3 is 2.67 bits per heavy atom. The second-order valence-electron chi connectivity index (χ2n) is 4.66. The summed E-state index contributed by atoms with van der Waals surface area (Å²) < 4.78 is 0. The Hall–Kier alpha value is -1.58. The van der Waals surface area contributed by atoms with Crippen LogP contribution < -0.4 is 10.9 Å². The molecule has 0 saturated carbocycles. The van der Waals surface area contributed by atoms with Crippen LogP contribution in [-0.2, 0) is 0 Å². The predicted octanol–water partition coefficient (Wildman–Crippen LogP) is 1.15. The van der Waals surface area contributed by atoms with Gasteiger partial charge in [-0.1, -0.05) is 20.8 Å². The predicted molar refractivity (Wildman–Crippen MR) is 58.9 cm³/mol. The number of hydrogen-bond donors (Lipinski definition) is 2. The zero-order valence-corrected chi connectivity index (χ0v) is 9.26. The number of pyridine rings is 1. The number of H-pyrrole nitrogens is 1. The Morgan fingerprint density at radius 1 is 1.47 bits per heavy atom. The van der Waals surface area contributed by atoms with Crippen LogP contribution in [0.3, 0.4) is 0 Å². The van der Waals surface area contributed by atoms with Gasteiger partial charge in [-0.3, -0.25) is 9.59 Å². The largest absolute Gasteiger partial charge is 0.351 e. The highest BCUT2D eigenvalue weighted by Gasteiger charge is 2.14. The maximum atomic E-state index is 11.6. The van der Waals surface area contributed by atoms with E-state index >= 15 is 0 Å². The quantitative estimate of drug-likeness (QED) is 0.765. The van der Waals surface area contributed by atoms with Gasteiger partial charge in [0.1, 0.15) is 5.56 Å². The van der Waals surface area contributed by atoms with E-state index in [1.165, 1.54) is 12.3 Å². The van der Waals surface area contributed by atoms with Gasteiger partial charge in [0.15, 0.2) is 0 Å². The molecule has 0 radical (unpaired) electrons. The Labute approximate surface area is 88.7 Å². The van der Waals surface area contributed by atoms with Crippen molar-refractivity contribution in [1.29, 1.82) is 0 Å². The fourth-order valence-electron chi connectivity index (χ4n) is 1.04. The molecule has 0 fully saturated rings. The van der Waals surface area contributed by atoms with Crippen molar-refractivity contribution in [2.45, 2.75) is 20.8 Å². The van der Waals surface area contributed by atoms with Gasteiger partial charge in [-0.2, -0.15) is 0 Å². The fraction of sp³-hybridized carbons (Fsp3) is 0.455. The van der Waals surface area contributed by atoms with Gasteiger partial charge in [-0.15, -0.1) is 0 Å². The van der Waals surface area contributed by atoms with Crippen LogP contribution in [0.2, 0.25) is 0 Å². The van der Waals surface area contributed by atoms with Gasteiger partial charge in [0.25, 0.3) is 11.5 Å².